The van der Waals surface area contributed by atoms with Gasteiger partial charge in [-0.05, 0) is 17.7 Å². The lowest BCUT2D eigenvalue weighted by Gasteiger charge is -2.13. The molecule has 142 valence electrons. The smallest absolute Gasteiger partial charge is 0.255 e. The van der Waals surface area contributed by atoms with Crippen LogP contribution >= 0.6 is 11.6 Å². The van der Waals surface area contributed by atoms with Gasteiger partial charge in [-0.25, -0.2) is 0 Å². The van der Waals surface area contributed by atoms with E-state index in [1.54, 1.807) is 19.1 Å². The highest BCUT2D eigenvalue weighted by molar-refractivity contribution is 6.30. The molecule has 6 heteroatoms. The predicted octanol–water partition coefficient (Wildman–Crippen LogP) is 4.05. The third-order valence-corrected chi connectivity index (χ3v) is 5.83. The Kier molecular flexibility index (Phi) is 4.82. The number of hydrogen-bond donors (Lipinski definition) is 1. The minimum Gasteiger partial charge on any atom is -0.456 e. The van der Waals surface area contributed by atoms with Crippen LogP contribution in [0.5, 0.6) is 0 Å². The van der Waals surface area contributed by atoms with Gasteiger partial charge in [0.2, 0.25) is 0 Å². The zero-order chi connectivity index (χ0) is 19.1. The van der Waals surface area contributed by atoms with Gasteiger partial charge in [-0.15, -0.1) is 0 Å². The summed E-state index contributed by atoms with van der Waals surface area (Å²) in [6.45, 7) is 5.12. The van der Waals surface area contributed by atoms with Gasteiger partial charge >= 0.3 is 0 Å². The lowest BCUT2D eigenvalue weighted by molar-refractivity contribution is 0.0923. The number of carbonyl (C=O) groups is 2. The van der Waals surface area contributed by atoms with Crippen LogP contribution < -0.4 is 5.32 Å². The van der Waals surface area contributed by atoms with E-state index in [0.29, 0.717) is 47.8 Å². The summed E-state index contributed by atoms with van der Waals surface area (Å²) in [4.78, 5) is 25.1. The first-order valence-electron chi connectivity index (χ1n) is 9.30. The van der Waals surface area contributed by atoms with Crippen molar-refractivity contribution in [1.29, 1.82) is 0 Å². The Labute approximate surface area is 163 Å². The number of halogens is 1. The number of fused-ring (bicyclic) bond motifs is 1. The highest BCUT2D eigenvalue weighted by Crippen LogP contribution is 2.44. The highest BCUT2D eigenvalue weighted by atomic mass is 35.5. The molecule has 2 fully saturated rings. The Bertz CT molecular complexity index is 880. The van der Waals surface area contributed by atoms with Gasteiger partial charge in [0.25, 0.3) is 5.91 Å². The van der Waals surface area contributed by atoms with E-state index in [0.717, 1.165) is 5.56 Å². The molecule has 1 saturated heterocycles. The van der Waals surface area contributed by atoms with E-state index in [1.807, 2.05) is 25.1 Å². The first-order chi connectivity index (χ1) is 13.0. The highest BCUT2D eigenvalue weighted by Gasteiger charge is 2.55. The summed E-state index contributed by atoms with van der Waals surface area (Å²) >= 11 is 6.11. The van der Waals surface area contributed by atoms with Crippen molar-refractivity contribution >= 4 is 23.3 Å². The summed E-state index contributed by atoms with van der Waals surface area (Å²) in [6.07, 6.45) is 0.323. The number of ketones is 1. The zero-order valence-corrected chi connectivity index (χ0v) is 16.1. The lowest BCUT2D eigenvalue weighted by atomic mass is 9.95. The van der Waals surface area contributed by atoms with Crippen LogP contribution in [0.4, 0.5) is 0 Å². The summed E-state index contributed by atoms with van der Waals surface area (Å²) in [5, 5.41) is 3.70. The van der Waals surface area contributed by atoms with E-state index in [2.05, 4.69) is 5.32 Å². The summed E-state index contributed by atoms with van der Waals surface area (Å²) in [5.74, 6) is 1.02. The minimum absolute atomic E-state index is 0.120. The quantitative estimate of drug-likeness (QED) is 0.759. The van der Waals surface area contributed by atoms with Gasteiger partial charge in [0, 0.05) is 41.3 Å². The fourth-order valence-electron chi connectivity index (χ4n) is 3.83. The number of ether oxygens (including phenoxy) is 1. The van der Waals surface area contributed by atoms with Crippen LogP contribution in [0.1, 0.15) is 58.4 Å². The van der Waals surface area contributed by atoms with E-state index in [4.69, 9.17) is 20.8 Å². The van der Waals surface area contributed by atoms with Crippen molar-refractivity contribution in [3.8, 4) is 0 Å². The van der Waals surface area contributed by atoms with E-state index in [9.17, 15) is 9.59 Å². The number of benzene rings is 1. The average molecular weight is 388 g/mol. The normalized spacial score (nSPS) is 24.3. The standard InChI is InChI=1S/C21H22ClNO4/c1-3-17(24)18-8-14(21(25)23-19-15-9-26-10-16(15)19)20(27-18)11(2)12-5-4-6-13(22)7-12/h4-8,11,15-16,19H,3,9-10H2,1-2H3,(H,23,25)/t11-,15-,16+,19?/m1/s1. The Morgan fingerprint density at radius 1 is 1.26 bits per heavy atom. The number of carbonyl (C=O) groups excluding carboxylic acids is 2. The van der Waals surface area contributed by atoms with Crippen molar-refractivity contribution in [2.24, 2.45) is 11.8 Å². The molecule has 1 aromatic carbocycles. The number of nitrogens with one attached hydrogen (secondary N) is 1. The molecule has 4 atom stereocenters. The predicted molar refractivity (Wildman–Crippen MR) is 101 cm³/mol. The van der Waals surface area contributed by atoms with E-state index >= 15 is 0 Å². The van der Waals surface area contributed by atoms with Gasteiger partial charge < -0.3 is 14.5 Å². The number of hydrogen-bond acceptors (Lipinski definition) is 4. The van der Waals surface area contributed by atoms with Gasteiger partial charge in [-0.2, -0.15) is 0 Å². The van der Waals surface area contributed by atoms with Gasteiger partial charge in [0.1, 0.15) is 5.76 Å². The number of Topliss-reactive ketones (excluding diaryl/α,β-unsaturated/α-hetero) is 1. The van der Waals surface area contributed by atoms with Crippen molar-refractivity contribution in [2.45, 2.75) is 32.2 Å². The second-order valence-corrected chi connectivity index (χ2v) is 7.74. The van der Waals surface area contributed by atoms with Crippen molar-refractivity contribution in [2.75, 3.05) is 13.2 Å². The molecule has 1 aliphatic carbocycles. The van der Waals surface area contributed by atoms with Gasteiger partial charge in [0.15, 0.2) is 11.5 Å². The molecule has 1 unspecified atom stereocenters. The van der Waals surface area contributed by atoms with Crippen LogP contribution in [-0.4, -0.2) is 30.9 Å². The van der Waals surface area contributed by atoms with Crippen LogP contribution in [0.3, 0.4) is 0 Å². The summed E-state index contributed by atoms with van der Waals surface area (Å²) in [7, 11) is 0. The van der Waals surface area contributed by atoms with Crippen LogP contribution in [0, 0.1) is 11.8 Å². The molecule has 0 bridgehead atoms. The maximum atomic E-state index is 12.9. The SMILES string of the molecule is CCC(=O)c1cc(C(=O)NC2[C@H]3COC[C@@H]23)c([C@H](C)c2cccc(Cl)c2)o1. The van der Waals surface area contributed by atoms with Gasteiger partial charge in [0.05, 0.1) is 18.8 Å². The Hall–Kier alpha value is -2.11. The lowest BCUT2D eigenvalue weighted by Crippen LogP contribution is -2.30. The largest absolute Gasteiger partial charge is 0.456 e. The molecule has 2 aromatic rings. The minimum atomic E-state index is -0.204. The fraction of sp³-hybridized carbons (Fsp3) is 0.429. The van der Waals surface area contributed by atoms with E-state index in [1.165, 1.54) is 0 Å². The van der Waals surface area contributed by atoms with Crippen molar-refractivity contribution < 1.29 is 18.7 Å². The molecule has 5 nitrogen and oxygen atoms in total. The molecule has 1 N–H and O–H groups in total. The second-order valence-electron chi connectivity index (χ2n) is 7.31. The molecular formula is C21H22ClNO4. The van der Waals surface area contributed by atoms with E-state index in [-0.39, 0.29) is 29.4 Å². The fourth-order valence-corrected chi connectivity index (χ4v) is 4.02. The summed E-state index contributed by atoms with van der Waals surface area (Å²) in [5.41, 5.74) is 1.35. The second kappa shape index (κ2) is 7.13. The monoisotopic (exact) mass is 387 g/mol. The molecule has 2 heterocycles. The number of furan rings is 1. The maximum absolute atomic E-state index is 12.9. The zero-order valence-electron chi connectivity index (χ0n) is 15.3. The van der Waals surface area contributed by atoms with Crippen LogP contribution in [0.15, 0.2) is 34.7 Å². The third-order valence-electron chi connectivity index (χ3n) is 5.59. The van der Waals surface area contributed by atoms with Crippen LogP contribution in [0.2, 0.25) is 5.02 Å². The molecule has 4 rings (SSSR count). The van der Waals surface area contributed by atoms with Gasteiger partial charge in [-0.1, -0.05) is 37.6 Å². The first-order valence-corrected chi connectivity index (χ1v) is 9.68. The van der Waals surface area contributed by atoms with Crippen molar-refractivity contribution in [3.05, 3.63) is 58.0 Å². The number of amides is 1. The molecule has 1 amide bonds. The Morgan fingerprint density at radius 3 is 2.67 bits per heavy atom. The summed E-state index contributed by atoms with van der Waals surface area (Å²) in [6, 6.07) is 9.17. The molecule has 0 radical (unpaired) electrons. The number of rotatable bonds is 6. The average Bonchev–Trinajstić information content (AvgIpc) is 3.07. The Balaban J connectivity index is 1.63. The van der Waals surface area contributed by atoms with Crippen LogP contribution in [-0.2, 0) is 4.74 Å². The van der Waals surface area contributed by atoms with E-state index < -0.39 is 0 Å². The topological polar surface area (TPSA) is 68.5 Å². The summed E-state index contributed by atoms with van der Waals surface area (Å²) < 4.78 is 11.2. The molecule has 1 aliphatic heterocycles. The Morgan fingerprint density at radius 2 is 2.00 bits per heavy atom. The maximum Gasteiger partial charge on any atom is 0.255 e. The molecule has 27 heavy (non-hydrogen) atoms. The van der Waals surface area contributed by atoms with Crippen LogP contribution in [0.25, 0.3) is 0 Å². The first kappa shape index (κ1) is 18.3. The molecule has 2 aliphatic rings. The molecule has 0 spiro atoms. The third kappa shape index (κ3) is 3.42. The van der Waals surface area contributed by atoms with Crippen molar-refractivity contribution in [3.63, 3.8) is 0 Å². The molecule has 1 aromatic heterocycles. The molecular weight excluding hydrogens is 366 g/mol. The molecule has 1 saturated carbocycles. The van der Waals surface area contributed by atoms with Gasteiger partial charge in [-0.3, -0.25) is 9.59 Å². The van der Waals surface area contributed by atoms with Crippen molar-refractivity contribution in [1.82, 2.24) is 5.32 Å².